The summed E-state index contributed by atoms with van der Waals surface area (Å²) in [5.41, 5.74) is 1.29. The summed E-state index contributed by atoms with van der Waals surface area (Å²) in [5.74, 6) is 0.585. The standard InChI is InChI=1S/C27H37IN6O5Si/c1-27(2,3)40(6,7)38-15-22-21(37-14-18-10-8-9-11-20(18)34(35)36)12-23(39-22)33-13-19(28)24-25(31-17-32(4)5)29-16-30-26(24)33/h8-11,13,16-17,21-23H,12,14-15H2,1-7H3/b31-17+/t21-,22-,23-/m1/s1. The van der Waals surface area contributed by atoms with Gasteiger partial charge in [-0.15, -0.1) is 0 Å². The number of rotatable bonds is 10. The Morgan fingerprint density at radius 2 is 2.02 bits per heavy atom. The monoisotopic (exact) mass is 680 g/mol. The first-order valence-electron chi connectivity index (χ1n) is 13.1. The van der Waals surface area contributed by atoms with Gasteiger partial charge in [0.2, 0.25) is 0 Å². The number of hydrogen-bond acceptors (Lipinski definition) is 8. The molecule has 0 radical (unpaired) electrons. The zero-order chi connectivity index (χ0) is 29.2. The SMILES string of the molecule is CN(C)/C=N/c1ncnc2c1c(I)cn2[C@H]1C[C@@H](OCc2ccccc2[N+](=O)[O-])[C@@H](CO[Si](C)(C)C(C)(C)C)O1. The Bertz CT molecular complexity index is 1390. The Morgan fingerprint density at radius 1 is 1.30 bits per heavy atom. The molecule has 1 fully saturated rings. The highest BCUT2D eigenvalue weighted by atomic mass is 127. The quantitative estimate of drug-likeness (QED) is 0.0634. The number of halogens is 1. The molecule has 0 saturated carbocycles. The zero-order valence-electron chi connectivity index (χ0n) is 24.0. The van der Waals surface area contributed by atoms with Gasteiger partial charge < -0.3 is 23.4 Å². The molecular formula is C27H37IN6O5Si. The molecule has 0 unspecified atom stereocenters. The van der Waals surface area contributed by atoms with E-state index in [1.165, 1.54) is 12.4 Å². The second-order valence-corrected chi connectivity index (χ2v) is 17.6. The molecule has 216 valence electrons. The normalized spacial score (nSPS) is 20.1. The van der Waals surface area contributed by atoms with Gasteiger partial charge in [-0.25, -0.2) is 15.0 Å². The van der Waals surface area contributed by atoms with Gasteiger partial charge in [0.1, 0.15) is 24.3 Å². The summed E-state index contributed by atoms with van der Waals surface area (Å²) in [7, 11) is 1.75. The Kier molecular flexibility index (Phi) is 9.29. The Hall–Kier alpha value is -2.46. The summed E-state index contributed by atoms with van der Waals surface area (Å²) >= 11 is 2.27. The molecule has 3 heterocycles. The number of fused-ring (bicyclic) bond motifs is 1. The Labute approximate surface area is 249 Å². The molecule has 3 atom stereocenters. The number of nitro benzene ring substituents is 1. The minimum absolute atomic E-state index is 0.0408. The molecule has 13 heteroatoms. The Morgan fingerprint density at radius 3 is 2.70 bits per heavy atom. The van der Waals surface area contributed by atoms with Gasteiger partial charge >= 0.3 is 0 Å². The maximum absolute atomic E-state index is 11.5. The minimum atomic E-state index is -2.05. The first kappa shape index (κ1) is 30.5. The largest absolute Gasteiger partial charge is 0.414 e. The van der Waals surface area contributed by atoms with Gasteiger partial charge in [0.15, 0.2) is 14.1 Å². The summed E-state index contributed by atoms with van der Waals surface area (Å²) in [6.07, 6.45) is 4.69. The van der Waals surface area contributed by atoms with Crippen molar-refractivity contribution < 1.29 is 18.8 Å². The van der Waals surface area contributed by atoms with Crippen LogP contribution in [0, 0.1) is 13.7 Å². The maximum atomic E-state index is 11.5. The summed E-state index contributed by atoms with van der Waals surface area (Å²) < 4.78 is 22.4. The van der Waals surface area contributed by atoms with Crippen molar-refractivity contribution in [3.05, 3.63) is 56.0 Å². The van der Waals surface area contributed by atoms with E-state index in [0.717, 1.165) is 14.6 Å². The van der Waals surface area contributed by atoms with E-state index in [0.29, 0.717) is 24.4 Å². The van der Waals surface area contributed by atoms with Gasteiger partial charge in [-0.2, -0.15) is 0 Å². The van der Waals surface area contributed by atoms with E-state index in [2.05, 4.69) is 71.4 Å². The maximum Gasteiger partial charge on any atom is 0.274 e. The van der Waals surface area contributed by atoms with Crippen LogP contribution in [0.25, 0.3) is 11.0 Å². The fourth-order valence-electron chi connectivity index (χ4n) is 4.22. The predicted molar refractivity (Wildman–Crippen MR) is 165 cm³/mol. The van der Waals surface area contributed by atoms with Crippen LogP contribution < -0.4 is 0 Å². The van der Waals surface area contributed by atoms with Gasteiger partial charge in [0.25, 0.3) is 5.69 Å². The number of ether oxygens (including phenoxy) is 2. The van der Waals surface area contributed by atoms with Gasteiger partial charge in [-0.1, -0.05) is 32.9 Å². The summed E-state index contributed by atoms with van der Waals surface area (Å²) in [6, 6.07) is 6.65. The first-order chi connectivity index (χ1) is 18.8. The zero-order valence-corrected chi connectivity index (χ0v) is 27.2. The molecule has 1 aromatic carbocycles. The lowest BCUT2D eigenvalue weighted by Crippen LogP contribution is -2.44. The van der Waals surface area contributed by atoms with Crippen molar-refractivity contribution in [3.8, 4) is 0 Å². The van der Waals surface area contributed by atoms with Crippen molar-refractivity contribution in [1.82, 2.24) is 19.4 Å². The fourth-order valence-corrected chi connectivity index (χ4v) is 6.02. The van der Waals surface area contributed by atoms with Crippen LogP contribution in [0.15, 0.2) is 41.8 Å². The average molecular weight is 681 g/mol. The molecule has 0 N–H and O–H groups in total. The number of benzene rings is 1. The van der Waals surface area contributed by atoms with Crippen LogP contribution in [0.2, 0.25) is 18.1 Å². The number of hydrogen-bond donors (Lipinski definition) is 0. The van der Waals surface area contributed by atoms with E-state index in [-0.39, 0.29) is 40.7 Å². The van der Waals surface area contributed by atoms with Crippen molar-refractivity contribution in [2.24, 2.45) is 4.99 Å². The molecule has 1 aliphatic heterocycles. The lowest BCUT2D eigenvalue weighted by Gasteiger charge is -2.37. The van der Waals surface area contributed by atoms with Gasteiger partial charge in [0, 0.05) is 36.3 Å². The highest BCUT2D eigenvalue weighted by Crippen LogP contribution is 2.40. The summed E-state index contributed by atoms with van der Waals surface area (Å²) in [4.78, 5) is 26.5. The van der Waals surface area contributed by atoms with Crippen LogP contribution in [0.4, 0.5) is 11.5 Å². The topological polar surface area (TPSA) is 117 Å². The number of nitro groups is 1. The van der Waals surface area contributed by atoms with Crippen LogP contribution >= 0.6 is 22.6 Å². The predicted octanol–water partition coefficient (Wildman–Crippen LogP) is 6.06. The third-order valence-corrected chi connectivity index (χ3v) is 12.8. The number of aromatic nitrogens is 3. The molecular weight excluding hydrogens is 643 g/mol. The number of para-hydroxylation sites is 1. The molecule has 0 spiro atoms. The van der Waals surface area contributed by atoms with Crippen molar-refractivity contribution in [1.29, 1.82) is 0 Å². The molecule has 11 nitrogen and oxygen atoms in total. The number of aliphatic imine (C=N–C) groups is 1. The molecule has 3 aromatic rings. The molecule has 0 aliphatic carbocycles. The van der Waals surface area contributed by atoms with Crippen molar-refractivity contribution in [2.75, 3.05) is 20.7 Å². The second-order valence-electron chi connectivity index (χ2n) is 11.7. The van der Waals surface area contributed by atoms with Crippen molar-refractivity contribution >= 4 is 59.8 Å². The first-order valence-corrected chi connectivity index (χ1v) is 17.1. The van der Waals surface area contributed by atoms with Crippen LogP contribution in [-0.2, 0) is 20.5 Å². The second kappa shape index (κ2) is 12.2. The molecule has 1 aliphatic rings. The Balaban J connectivity index is 1.62. The van der Waals surface area contributed by atoms with Crippen LogP contribution in [0.1, 0.15) is 39.0 Å². The molecule has 4 rings (SSSR count). The van der Waals surface area contributed by atoms with Gasteiger partial charge in [0.05, 0.1) is 41.5 Å². The molecule has 40 heavy (non-hydrogen) atoms. The third kappa shape index (κ3) is 6.70. The molecule has 0 bridgehead atoms. The molecule has 2 aromatic heterocycles. The fraction of sp³-hybridized carbons (Fsp3) is 0.519. The molecule has 0 amide bonds. The van der Waals surface area contributed by atoms with E-state index in [1.54, 1.807) is 24.5 Å². The molecule has 1 saturated heterocycles. The van der Waals surface area contributed by atoms with Gasteiger partial charge in [-0.05, 0) is 46.8 Å². The van der Waals surface area contributed by atoms with E-state index in [1.807, 2.05) is 29.8 Å². The highest BCUT2D eigenvalue weighted by Gasteiger charge is 2.42. The van der Waals surface area contributed by atoms with Gasteiger partial charge in [-0.3, -0.25) is 10.1 Å². The summed E-state index contributed by atoms with van der Waals surface area (Å²) in [6.45, 7) is 11.5. The lowest BCUT2D eigenvalue weighted by atomic mass is 10.1. The van der Waals surface area contributed by atoms with E-state index < -0.39 is 8.32 Å². The van der Waals surface area contributed by atoms with E-state index in [4.69, 9.17) is 13.9 Å². The third-order valence-electron chi connectivity index (χ3n) is 7.50. The highest BCUT2D eigenvalue weighted by molar-refractivity contribution is 14.1. The lowest BCUT2D eigenvalue weighted by molar-refractivity contribution is -0.386. The van der Waals surface area contributed by atoms with Crippen LogP contribution in [0.5, 0.6) is 0 Å². The van der Waals surface area contributed by atoms with Crippen molar-refractivity contribution in [3.63, 3.8) is 0 Å². The van der Waals surface area contributed by atoms with Crippen LogP contribution in [0.3, 0.4) is 0 Å². The van der Waals surface area contributed by atoms with E-state index in [9.17, 15) is 10.1 Å². The van der Waals surface area contributed by atoms with Crippen LogP contribution in [-0.4, -0.2) is 71.9 Å². The number of nitrogens with zero attached hydrogens (tertiary/aromatic N) is 6. The average Bonchev–Trinajstić information content (AvgIpc) is 3.45. The van der Waals surface area contributed by atoms with Crippen molar-refractivity contribution in [2.45, 2.75) is 70.4 Å². The summed E-state index contributed by atoms with van der Waals surface area (Å²) in [5, 5.41) is 12.4. The smallest absolute Gasteiger partial charge is 0.274 e. The minimum Gasteiger partial charge on any atom is -0.414 e. The van der Waals surface area contributed by atoms with E-state index >= 15 is 0 Å².